The van der Waals surface area contributed by atoms with Crippen molar-refractivity contribution in [3.8, 4) is 16.9 Å². The van der Waals surface area contributed by atoms with Gasteiger partial charge in [0.25, 0.3) is 0 Å². The van der Waals surface area contributed by atoms with E-state index in [1.54, 1.807) is 7.11 Å². The van der Waals surface area contributed by atoms with Gasteiger partial charge in [0.1, 0.15) is 5.75 Å². The summed E-state index contributed by atoms with van der Waals surface area (Å²) >= 11 is 0. The van der Waals surface area contributed by atoms with Gasteiger partial charge < -0.3 is 14.5 Å². The number of methoxy groups -OCH3 is 1. The molecule has 1 atom stereocenters. The van der Waals surface area contributed by atoms with Crippen LogP contribution in [-0.2, 0) is 16.0 Å². The molecule has 1 saturated heterocycles. The third-order valence-electron chi connectivity index (χ3n) is 6.77. The molecule has 4 rings (SSSR count). The average molecular weight is 421 g/mol. The summed E-state index contributed by atoms with van der Waals surface area (Å²) in [6.07, 6.45) is 3.72. The zero-order valence-corrected chi connectivity index (χ0v) is 18.5. The van der Waals surface area contributed by atoms with Crippen LogP contribution in [0.1, 0.15) is 31.7 Å². The van der Waals surface area contributed by atoms with Crippen molar-refractivity contribution in [2.45, 2.75) is 32.6 Å². The molecule has 0 N–H and O–H groups in total. The topological polar surface area (TPSA) is 49.9 Å². The van der Waals surface area contributed by atoms with Crippen molar-refractivity contribution in [1.82, 2.24) is 9.80 Å². The van der Waals surface area contributed by atoms with E-state index in [-0.39, 0.29) is 23.7 Å². The summed E-state index contributed by atoms with van der Waals surface area (Å²) in [5, 5.41) is 0. The molecule has 0 unspecified atom stereocenters. The first kappa shape index (κ1) is 21.4. The number of hydrogen-bond donors (Lipinski definition) is 0. The molecular weight excluding hydrogens is 388 g/mol. The quantitative estimate of drug-likeness (QED) is 0.709. The average Bonchev–Trinajstić information content (AvgIpc) is 2.92. The van der Waals surface area contributed by atoms with Crippen LogP contribution in [0.3, 0.4) is 0 Å². The van der Waals surface area contributed by atoms with E-state index < -0.39 is 0 Å². The van der Waals surface area contributed by atoms with Crippen LogP contribution in [0.25, 0.3) is 11.1 Å². The SMILES string of the molecule is CCN1CCN(C(=O)C2CCC2)C[C@H](Cc2ccccc2-c2ccccc2OC)C1=O. The molecule has 2 aliphatic rings. The highest BCUT2D eigenvalue weighted by Crippen LogP contribution is 2.34. The minimum atomic E-state index is -0.234. The molecule has 0 radical (unpaired) electrons. The Morgan fingerprint density at radius 3 is 2.42 bits per heavy atom. The van der Waals surface area contributed by atoms with Gasteiger partial charge in [-0.05, 0) is 43.4 Å². The number of para-hydroxylation sites is 1. The highest BCUT2D eigenvalue weighted by atomic mass is 16.5. The summed E-state index contributed by atoms with van der Waals surface area (Å²) in [4.78, 5) is 30.2. The van der Waals surface area contributed by atoms with Crippen LogP contribution in [-0.4, -0.2) is 54.9 Å². The van der Waals surface area contributed by atoms with Crippen molar-refractivity contribution < 1.29 is 14.3 Å². The molecule has 31 heavy (non-hydrogen) atoms. The van der Waals surface area contributed by atoms with E-state index in [9.17, 15) is 9.59 Å². The van der Waals surface area contributed by atoms with Crippen LogP contribution >= 0.6 is 0 Å². The van der Waals surface area contributed by atoms with E-state index >= 15 is 0 Å². The van der Waals surface area contributed by atoms with E-state index in [2.05, 4.69) is 18.2 Å². The largest absolute Gasteiger partial charge is 0.496 e. The van der Waals surface area contributed by atoms with Crippen LogP contribution in [0.15, 0.2) is 48.5 Å². The van der Waals surface area contributed by atoms with Crippen LogP contribution in [0.4, 0.5) is 0 Å². The summed E-state index contributed by atoms with van der Waals surface area (Å²) in [6, 6.07) is 16.2. The minimum Gasteiger partial charge on any atom is -0.496 e. The molecule has 2 fully saturated rings. The van der Waals surface area contributed by atoms with Gasteiger partial charge in [0, 0.05) is 37.7 Å². The van der Waals surface area contributed by atoms with Crippen LogP contribution < -0.4 is 4.74 Å². The highest BCUT2D eigenvalue weighted by Gasteiger charge is 2.36. The van der Waals surface area contributed by atoms with Gasteiger partial charge in [-0.25, -0.2) is 0 Å². The van der Waals surface area contributed by atoms with Gasteiger partial charge in [-0.1, -0.05) is 48.9 Å². The lowest BCUT2D eigenvalue weighted by Gasteiger charge is -2.32. The molecule has 2 amide bonds. The Kier molecular flexibility index (Phi) is 6.59. The summed E-state index contributed by atoms with van der Waals surface area (Å²) in [5.41, 5.74) is 3.22. The fourth-order valence-electron chi connectivity index (χ4n) is 4.72. The summed E-state index contributed by atoms with van der Waals surface area (Å²) in [6.45, 7) is 4.46. The molecule has 1 aliphatic heterocycles. The number of hydrogen-bond acceptors (Lipinski definition) is 3. The molecule has 0 aromatic heterocycles. The first-order valence-corrected chi connectivity index (χ1v) is 11.4. The summed E-state index contributed by atoms with van der Waals surface area (Å²) in [5.74, 6) is 1.13. The molecule has 1 heterocycles. The summed E-state index contributed by atoms with van der Waals surface area (Å²) < 4.78 is 5.59. The van der Waals surface area contributed by atoms with Crippen LogP contribution in [0.2, 0.25) is 0 Å². The van der Waals surface area contributed by atoms with Gasteiger partial charge >= 0.3 is 0 Å². The van der Waals surface area contributed by atoms with E-state index in [0.29, 0.717) is 32.6 Å². The molecule has 5 heteroatoms. The standard InChI is InChI=1S/C26H32N2O3/c1-3-27-15-16-28(25(29)19-10-8-11-19)18-21(26(27)30)17-20-9-4-5-12-22(20)23-13-6-7-14-24(23)31-2/h4-7,9,12-14,19,21H,3,8,10-11,15-18H2,1-2H3/t21-/m0/s1. The van der Waals surface area contributed by atoms with Gasteiger partial charge in [0.05, 0.1) is 13.0 Å². The van der Waals surface area contributed by atoms with Gasteiger partial charge in [-0.2, -0.15) is 0 Å². The Labute approximate surface area is 185 Å². The van der Waals surface area contributed by atoms with Gasteiger partial charge in [0.15, 0.2) is 0 Å². The molecular formula is C26H32N2O3. The predicted octanol–water partition coefficient (Wildman–Crippen LogP) is 4.01. The number of benzene rings is 2. The fraction of sp³-hybridized carbons (Fsp3) is 0.462. The fourth-order valence-corrected chi connectivity index (χ4v) is 4.72. The van der Waals surface area contributed by atoms with Crippen LogP contribution in [0, 0.1) is 11.8 Å². The maximum absolute atomic E-state index is 13.3. The Bertz CT molecular complexity index is 938. The number of likely N-dealkylation sites (N-methyl/N-ethyl adjacent to an activating group) is 1. The van der Waals surface area contributed by atoms with E-state index in [0.717, 1.165) is 41.7 Å². The van der Waals surface area contributed by atoms with E-state index in [4.69, 9.17) is 4.74 Å². The second-order valence-electron chi connectivity index (χ2n) is 8.59. The van der Waals surface area contributed by atoms with Gasteiger partial charge in [-0.15, -0.1) is 0 Å². The Morgan fingerprint density at radius 2 is 1.74 bits per heavy atom. The third kappa shape index (κ3) is 4.46. The van der Waals surface area contributed by atoms with Crippen molar-refractivity contribution in [3.63, 3.8) is 0 Å². The molecule has 0 spiro atoms. The third-order valence-corrected chi connectivity index (χ3v) is 6.77. The number of carbonyl (C=O) groups is 2. The molecule has 1 saturated carbocycles. The Morgan fingerprint density at radius 1 is 1.03 bits per heavy atom. The molecule has 0 bridgehead atoms. The van der Waals surface area contributed by atoms with Crippen LogP contribution in [0.5, 0.6) is 5.75 Å². The first-order valence-electron chi connectivity index (χ1n) is 11.4. The lowest BCUT2D eigenvalue weighted by Crippen LogP contribution is -2.42. The minimum absolute atomic E-state index is 0.154. The van der Waals surface area contributed by atoms with Crippen molar-refractivity contribution >= 4 is 11.8 Å². The molecule has 5 nitrogen and oxygen atoms in total. The second-order valence-corrected chi connectivity index (χ2v) is 8.59. The second kappa shape index (κ2) is 9.54. The van der Waals surface area contributed by atoms with Crippen molar-refractivity contribution in [2.75, 3.05) is 33.3 Å². The number of nitrogens with zero attached hydrogens (tertiary/aromatic N) is 2. The molecule has 164 valence electrons. The monoisotopic (exact) mass is 420 g/mol. The molecule has 2 aromatic carbocycles. The predicted molar refractivity (Wildman–Crippen MR) is 122 cm³/mol. The van der Waals surface area contributed by atoms with Gasteiger partial charge in [-0.3, -0.25) is 9.59 Å². The lowest BCUT2D eigenvalue weighted by molar-refractivity contribution is -0.138. The smallest absolute Gasteiger partial charge is 0.227 e. The zero-order chi connectivity index (χ0) is 21.8. The first-order chi connectivity index (χ1) is 15.1. The number of ether oxygens (including phenoxy) is 1. The molecule has 2 aromatic rings. The normalized spacial score (nSPS) is 19.7. The van der Waals surface area contributed by atoms with E-state index in [1.807, 2.05) is 47.1 Å². The lowest BCUT2D eigenvalue weighted by atomic mass is 9.84. The highest BCUT2D eigenvalue weighted by molar-refractivity contribution is 5.84. The Hall–Kier alpha value is -2.82. The molecule has 1 aliphatic carbocycles. The maximum atomic E-state index is 13.3. The van der Waals surface area contributed by atoms with E-state index in [1.165, 1.54) is 0 Å². The Balaban J connectivity index is 1.63. The summed E-state index contributed by atoms with van der Waals surface area (Å²) in [7, 11) is 1.68. The zero-order valence-electron chi connectivity index (χ0n) is 18.5. The van der Waals surface area contributed by atoms with Gasteiger partial charge in [0.2, 0.25) is 11.8 Å². The number of rotatable bonds is 6. The van der Waals surface area contributed by atoms with Crippen molar-refractivity contribution in [3.05, 3.63) is 54.1 Å². The van der Waals surface area contributed by atoms with Crippen molar-refractivity contribution in [1.29, 1.82) is 0 Å². The number of carbonyl (C=O) groups excluding carboxylic acids is 2. The number of amides is 2. The van der Waals surface area contributed by atoms with Crippen molar-refractivity contribution in [2.24, 2.45) is 11.8 Å². The maximum Gasteiger partial charge on any atom is 0.227 e.